The van der Waals surface area contributed by atoms with Crippen LogP contribution in [0, 0.1) is 21.7 Å². The summed E-state index contributed by atoms with van der Waals surface area (Å²) >= 11 is 0. The van der Waals surface area contributed by atoms with Crippen LogP contribution in [0.3, 0.4) is 0 Å². The predicted octanol–water partition coefficient (Wildman–Crippen LogP) is 5.97. The Labute approximate surface area is 159 Å². The maximum absolute atomic E-state index is 12.1. The lowest BCUT2D eigenvalue weighted by atomic mass is 9.81. The van der Waals surface area contributed by atoms with Gasteiger partial charge in [-0.3, -0.25) is 4.79 Å². The summed E-state index contributed by atoms with van der Waals surface area (Å²) < 4.78 is 0. The number of hydrogen-bond acceptors (Lipinski definition) is 4. The van der Waals surface area contributed by atoms with E-state index in [0.29, 0.717) is 24.3 Å². The van der Waals surface area contributed by atoms with Gasteiger partial charge in [0.15, 0.2) is 5.78 Å². The van der Waals surface area contributed by atoms with Crippen LogP contribution in [0.2, 0.25) is 0 Å². The van der Waals surface area contributed by atoms with Crippen molar-refractivity contribution < 1.29 is 10.0 Å². The van der Waals surface area contributed by atoms with Gasteiger partial charge in [0.2, 0.25) is 0 Å². The first kappa shape index (κ1) is 24.0. The number of ketones is 1. The summed E-state index contributed by atoms with van der Waals surface area (Å²) in [5, 5.41) is 20.9. The predicted molar refractivity (Wildman–Crippen MR) is 111 cm³/mol. The van der Waals surface area contributed by atoms with Crippen LogP contribution < -0.4 is 0 Å². The van der Waals surface area contributed by atoms with E-state index in [1.807, 2.05) is 73.6 Å². The van der Waals surface area contributed by atoms with Gasteiger partial charge in [-0.25, -0.2) is 0 Å². The van der Waals surface area contributed by atoms with Gasteiger partial charge in [-0.1, -0.05) is 71.8 Å². The smallest absolute Gasteiger partial charge is 0.161 e. The summed E-state index contributed by atoms with van der Waals surface area (Å²) in [4.78, 5) is 12.1. The third-order valence-corrected chi connectivity index (χ3v) is 4.41. The van der Waals surface area contributed by atoms with Crippen LogP contribution in [0.4, 0.5) is 0 Å². The second-order valence-electron chi connectivity index (χ2n) is 8.99. The number of nitrogens with zero attached hydrogens (tertiary/aromatic N) is 1. The zero-order chi connectivity index (χ0) is 20.6. The highest BCUT2D eigenvalue weighted by Gasteiger charge is 2.25. The second kappa shape index (κ2) is 9.65. The minimum absolute atomic E-state index is 0.0787. The lowest BCUT2D eigenvalue weighted by Gasteiger charge is -2.23. The highest BCUT2D eigenvalue weighted by atomic mass is 16.4. The molecule has 146 valence electrons. The highest BCUT2D eigenvalue weighted by Crippen LogP contribution is 2.27. The van der Waals surface area contributed by atoms with E-state index in [-0.39, 0.29) is 16.6 Å². The average molecular weight is 361 g/mol. The normalized spacial score (nSPS) is 14.7. The Balaban J connectivity index is 5.03. The highest BCUT2D eigenvalue weighted by molar-refractivity contribution is 6.00. The molecule has 0 saturated carbocycles. The third-order valence-electron chi connectivity index (χ3n) is 4.41. The fourth-order valence-corrected chi connectivity index (χ4v) is 2.16. The van der Waals surface area contributed by atoms with Crippen LogP contribution in [0.5, 0.6) is 0 Å². The minimum Gasteiger partial charge on any atom is -0.411 e. The van der Waals surface area contributed by atoms with Gasteiger partial charge < -0.3 is 10.6 Å². The molecule has 0 fully saturated rings. The largest absolute Gasteiger partial charge is 0.411 e. The number of carbonyl (C=O) groups is 1. The maximum atomic E-state index is 12.1. The molecule has 0 aliphatic rings. The molecule has 0 saturated heterocycles. The van der Waals surface area contributed by atoms with Crippen molar-refractivity contribution in [1.82, 2.24) is 0 Å². The number of hydrogen-bond donors (Lipinski definition) is 2. The Hall–Kier alpha value is -1.97. The Morgan fingerprint density at radius 2 is 1.42 bits per heavy atom. The SMILES string of the molecule is C/C=C/C(=O)C(C)(C)C/C=C/C(=N\O)C(C)(C)C/C=C/C(=N)C(C)(C)C. The zero-order valence-electron chi connectivity index (χ0n) is 17.7. The molecule has 0 bridgehead atoms. The Kier molecular flexibility index (Phi) is 8.92. The second-order valence-corrected chi connectivity index (χ2v) is 8.99. The quantitative estimate of drug-likeness (QED) is 0.230. The topological polar surface area (TPSA) is 73.5 Å². The molecule has 0 unspecified atom stereocenters. The molecule has 2 N–H and O–H groups in total. The monoisotopic (exact) mass is 360 g/mol. The number of allylic oxidation sites excluding steroid dienone is 6. The lowest BCUT2D eigenvalue weighted by Crippen LogP contribution is -2.24. The van der Waals surface area contributed by atoms with Crippen molar-refractivity contribution in [3.63, 3.8) is 0 Å². The van der Waals surface area contributed by atoms with Gasteiger partial charge in [0.25, 0.3) is 0 Å². The van der Waals surface area contributed by atoms with E-state index in [2.05, 4.69) is 5.16 Å². The lowest BCUT2D eigenvalue weighted by molar-refractivity contribution is -0.122. The molecule has 4 heteroatoms. The molecule has 4 nitrogen and oxygen atoms in total. The Bertz CT molecular complexity index is 613. The average Bonchev–Trinajstić information content (AvgIpc) is 2.50. The molecule has 0 rings (SSSR count). The summed E-state index contributed by atoms with van der Waals surface area (Å²) in [7, 11) is 0. The van der Waals surface area contributed by atoms with Crippen molar-refractivity contribution in [3.05, 3.63) is 36.5 Å². The van der Waals surface area contributed by atoms with Crippen molar-refractivity contribution in [3.8, 4) is 0 Å². The van der Waals surface area contributed by atoms with E-state index in [9.17, 15) is 10.0 Å². The van der Waals surface area contributed by atoms with Crippen LogP contribution in [-0.4, -0.2) is 22.4 Å². The summed E-state index contributed by atoms with van der Waals surface area (Å²) in [6.07, 6.45) is 12.0. The van der Waals surface area contributed by atoms with Gasteiger partial charge >= 0.3 is 0 Å². The van der Waals surface area contributed by atoms with E-state index >= 15 is 0 Å². The van der Waals surface area contributed by atoms with Gasteiger partial charge in [-0.05, 0) is 38.0 Å². The fourth-order valence-electron chi connectivity index (χ4n) is 2.16. The van der Waals surface area contributed by atoms with Crippen molar-refractivity contribution in [2.45, 2.75) is 68.2 Å². The van der Waals surface area contributed by atoms with Gasteiger partial charge in [0.1, 0.15) is 0 Å². The van der Waals surface area contributed by atoms with Gasteiger partial charge in [-0.15, -0.1) is 0 Å². The summed E-state index contributed by atoms with van der Waals surface area (Å²) in [5.41, 5.74) is 0.0704. The Morgan fingerprint density at radius 3 is 1.88 bits per heavy atom. The van der Waals surface area contributed by atoms with Gasteiger partial charge in [-0.2, -0.15) is 0 Å². The van der Waals surface area contributed by atoms with Crippen molar-refractivity contribution >= 4 is 17.2 Å². The first-order valence-corrected chi connectivity index (χ1v) is 9.09. The van der Waals surface area contributed by atoms with E-state index in [4.69, 9.17) is 5.41 Å². The number of oxime groups is 1. The molecule has 26 heavy (non-hydrogen) atoms. The molecule has 0 aromatic carbocycles. The fraction of sp³-hybridized carbons (Fsp3) is 0.591. The molecule has 0 radical (unpaired) electrons. The zero-order valence-corrected chi connectivity index (χ0v) is 17.7. The van der Waals surface area contributed by atoms with Crippen molar-refractivity contribution in [1.29, 1.82) is 5.41 Å². The summed E-state index contributed by atoms with van der Waals surface area (Å²) in [6, 6.07) is 0. The van der Waals surface area contributed by atoms with E-state index < -0.39 is 5.41 Å². The number of carbonyl (C=O) groups excluding carboxylic acids is 1. The molecule has 0 spiro atoms. The molecule has 0 atom stereocenters. The van der Waals surface area contributed by atoms with Crippen molar-refractivity contribution in [2.24, 2.45) is 21.4 Å². The molecule has 0 heterocycles. The van der Waals surface area contributed by atoms with Crippen molar-refractivity contribution in [2.75, 3.05) is 0 Å². The molecule has 0 aliphatic carbocycles. The van der Waals surface area contributed by atoms with Crippen LogP contribution in [0.25, 0.3) is 0 Å². The molecule has 0 aromatic rings. The molecule has 0 aromatic heterocycles. The van der Waals surface area contributed by atoms with Gasteiger partial charge in [0.05, 0.1) is 5.71 Å². The molecular weight excluding hydrogens is 324 g/mol. The van der Waals surface area contributed by atoms with Crippen LogP contribution >= 0.6 is 0 Å². The van der Waals surface area contributed by atoms with Gasteiger partial charge in [0, 0.05) is 22.0 Å². The molecule has 0 aliphatic heterocycles. The Morgan fingerprint density at radius 1 is 0.923 bits per heavy atom. The van der Waals surface area contributed by atoms with E-state index in [0.717, 1.165) is 0 Å². The molecule has 0 amide bonds. The first-order chi connectivity index (χ1) is 11.8. The maximum Gasteiger partial charge on any atom is 0.161 e. The van der Waals surface area contributed by atoms with E-state index in [1.54, 1.807) is 18.2 Å². The minimum atomic E-state index is -0.491. The summed E-state index contributed by atoms with van der Waals surface area (Å²) in [5.74, 6) is 0.0787. The number of rotatable bonds is 9. The van der Waals surface area contributed by atoms with E-state index in [1.165, 1.54) is 0 Å². The third kappa shape index (κ3) is 7.94. The molecular formula is C22H36N2O2. The van der Waals surface area contributed by atoms with Crippen LogP contribution in [0.15, 0.2) is 41.6 Å². The first-order valence-electron chi connectivity index (χ1n) is 9.09. The summed E-state index contributed by atoms with van der Waals surface area (Å²) in [6.45, 7) is 15.6. The standard InChI is InChI=1S/C22H36N2O2/c1-9-12-19(25)22(7,8)16-11-14-18(24-26)21(5,6)15-10-13-17(23)20(2,3)4/h9-14,23,26H,15-16H2,1-8H3/b12-9+,13-10+,14-11+,23-17?,24-18+. The van der Waals surface area contributed by atoms with Crippen LogP contribution in [-0.2, 0) is 4.79 Å². The van der Waals surface area contributed by atoms with Crippen LogP contribution in [0.1, 0.15) is 68.2 Å². The number of nitrogens with one attached hydrogen (secondary N) is 1.